The normalized spacial score (nSPS) is 13.8. The molecule has 0 radical (unpaired) electrons. The molecule has 0 aromatic heterocycles. The molecule has 1 atom stereocenters. The number of carbonyl (C=O) groups is 1. The number of nitrogens with one attached hydrogen (secondary N) is 1. The summed E-state index contributed by atoms with van der Waals surface area (Å²) in [6.45, 7) is 6.45. The third kappa shape index (κ3) is 3.73. The summed E-state index contributed by atoms with van der Waals surface area (Å²) in [5.74, 6) is 0.115. The number of hydrogen-bond acceptors (Lipinski definition) is 3. The Bertz CT molecular complexity index is 433. The zero-order chi connectivity index (χ0) is 15.2. The molecule has 0 fully saturated rings. The molecule has 0 saturated heterocycles. The molecule has 0 aliphatic rings. The van der Waals surface area contributed by atoms with E-state index < -0.39 is 11.5 Å². The molecule has 1 aromatic rings. The van der Waals surface area contributed by atoms with Gasteiger partial charge in [-0.2, -0.15) is 0 Å². The smallest absolute Gasteiger partial charge is 0.323 e. The van der Waals surface area contributed by atoms with E-state index in [1.165, 1.54) is 0 Å². The maximum atomic E-state index is 11.4. The Labute approximate surface area is 121 Å². The minimum Gasteiger partial charge on any atom is -0.493 e. The van der Waals surface area contributed by atoms with Gasteiger partial charge in [0.15, 0.2) is 0 Å². The highest BCUT2D eigenvalue weighted by Crippen LogP contribution is 2.23. The molecule has 0 spiro atoms. The van der Waals surface area contributed by atoms with Crippen LogP contribution in [-0.4, -0.2) is 30.3 Å². The molecule has 2 N–H and O–H groups in total. The molecule has 1 unspecified atom stereocenters. The van der Waals surface area contributed by atoms with Gasteiger partial charge in [-0.25, -0.2) is 0 Å². The predicted molar refractivity (Wildman–Crippen MR) is 80.4 cm³/mol. The van der Waals surface area contributed by atoms with Gasteiger partial charge in [0.1, 0.15) is 11.3 Å². The Morgan fingerprint density at radius 1 is 1.35 bits per heavy atom. The van der Waals surface area contributed by atoms with E-state index in [0.717, 1.165) is 16.9 Å². The minimum absolute atomic E-state index is 0.530. The summed E-state index contributed by atoms with van der Waals surface area (Å²) in [4.78, 5) is 11.4. The first-order chi connectivity index (χ1) is 9.46. The van der Waals surface area contributed by atoms with Crippen LogP contribution in [-0.2, 0) is 4.79 Å². The second-order valence-corrected chi connectivity index (χ2v) is 5.16. The summed E-state index contributed by atoms with van der Waals surface area (Å²) in [6, 6.07) is 6.04. The lowest BCUT2D eigenvalue weighted by Gasteiger charge is -2.27. The molecule has 112 valence electrons. The second kappa shape index (κ2) is 7.29. The molecule has 0 heterocycles. The third-order valence-corrected chi connectivity index (χ3v) is 3.89. The largest absolute Gasteiger partial charge is 0.493 e. The lowest BCUT2D eigenvalue weighted by molar-refractivity contribution is -0.145. The lowest BCUT2D eigenvalue weighted by atomic mass is 9.91. The van der Waals surface area contributed by atoms with Gasteiger partial charge in [0, 0.05) is 0 Å². The highest BCUT2D eigenvalue weighted by molar-refractivity contribution is 5.78. The minimum atomic E-state index is -0.843. The standard InChI is InChI=1S/C16H25NO3/c1-5-16(17-4,15(18)19)10-7-11-20-14-12(2)8-6-9-13(14)3/h6,8-9,17H,5,7,10-11H2,1-4H3,(H,18,19). The summed E-state index contributed by atoms with van der Waals surface area (Å²) in [5.41, 5.74) is 1.38. The van der Waals surface area contributed by atoms with Crippen LogP contribution in [0.1, 0.15) is 37.3 Å². The number of carboxylic acid groups (broad SMARTS) is 1. The molecular weight excluding hydrogens is 254 g/mol. The van der Waals surface area contributed by atoms with Crippen molar-refractivity contribution >= 4 is 5.97 Å². The van der Waals surface area contributed by atoms with Crippen molar-refractivity contribution in [3.63, 3.8) is 0 Å². The fourth-order valence-corrected chi connectivity index (χ4v) is 2.42. The number of carboxylic acids is 1. The number of rotatable bonds is 8. The van der Waals surface area contributed by atoms with E-state index in [9.17, 15) is 9.90 Å². The molecule has 4 nitrogen and oxygen atoms in total. The monoisotopic (exact) mass is 279 g/mol. The highest BCUT2D eigenvalue weighted by Gasteiger charge is 2.34. The number of likely N-dealkylation sites (N-methyl/N-ethyl adjacent to an activating group) is 1. The number of para-hydroxylation sites is 1. The van der Waals surface area contributed by atoms with Gasteiger partial charge in [0.05, 0.1) is 6.61 Å². The fourth-order valence-electron chi connectivity index (χ4n) is 2.42. The van der Waals surface area contributed by atoms with E-state index >= 15 is 0 Å². The summed E-state index contributed by atoms with van der Waals surface area (Å²) < 4.78 is 5.81. The molecule has 0 bridgehead atoms. The van der Waals surface area contributed by atoms with Crippen LogP contribution in [0.2, 0.25) is 0 Å². The number of aliphatic carboxylic acids is 1. The van der Waals surface area contributed by atoms with Crippen LogP contribution in [0.25, 0.3) is 0 Å². The van der Waals surface area contributed by atoms with Gasteiger partial charge in [0.2, 0.25) is 0 Å². The molecule has 0 aliphatic carbocycles. The number of ether oxygens (including phenoxy) is 1. The summed E-state index contributed by atoms with van der Waals surface area (Å²) in [6.07, 6.45) is 1.82. The van der Waals surface area contributed by atoms with Crippen molar-refractivity contribution < 1.29 is 14.6 Å². The van der Waals surface area contributed by atoms with Gasteiger partial charge in [-0.3, -0.25) is 4.79 Å². The number of hydrogen-bond donors (Lipinski definition) is 2. The molecule has 0 saturated carbocycles. The molecule has 20 heavy (non-hydrogen) atoms. The summed E-state index contributed by atoms with van der Waals surface area (Å²) in [5, 5.41) is 12.3. The quantitative estimate of drug-likeness (QED) is 0.718. The van der Waals surface area contributed by atoms with Crippen LogP contribution in [0.5, 0.6) is 5.75 Å². The number of aryl methyl sites for hydroxylation is 2. The van der Waals surface area contributed by atoms with Gasteiger partial charge in [0.25, 0.3) is 0 Å². The van der Waals surface area contributed by atoms with Crippen LogP contribution in [0.3, 0.4) is 0 Å². The van der Waals surface area contributed by atoms with Crippen molar-refractivity contribution in [2.75, 3.05) is 13.7 Å². The second-order valence-electron chi connectivity index (χ2n) is 5.16. The van der Waals surface area contributed by atoms with E-state index in [1.807, 2.05) is 39.0 Å². The third-order valence-electron chi connectivity index (χ3n) is 3.89. The fraction of sp³-hybridized carbons (Fsp3) is 0.562. The Hall–Kier alpha value is -1.55. The van der Waals surface area contributed by atoms with Crippen LogP contribution in [0, 0.1) is 13.8 Å². The van der Waals surface area contributed by atoms with Gasteiger partial charge in [-0.1, -0.05) is 25.1 Å². The average Bonchev–Trinajstić information content (AvgIpc) is 2.42. The molecule has 0 amide bonds. The maximum absolute atomic E-state index is 11.4. The van der Waals surface area contributed by atoms with E-state index in [0.29, 0.717) is 25.9 Å². The number of benzene rings is 1. The van der Waals surface area contributed by atoms with E-state index in [-0.39, 0.29) is 0 Å². The van der Waals surface area contributed by atoms with E-state index in [1.54, 1.807) is 7.05 Å². The Morgan fingerprint density at radius 2 is 1.95 bits per heavy atom. The van der Waals surface area contributed by atoms with Gasteiger partial charge in [-0.05, 0) is 51.3 Å². The molecule has 1 aromatic carbocycles. The van der Waals surface area contributed by atoms with Crippen molar-refractivity contribution in [1.29, 1.82) is 0 Å². The van der Waals surface area contributed by atoms with E-state index in [2.05, 4.69) is 5.32 Å². The van der Waals surface area contributed by atoms with Crippen LogP contribution < -0.4 is 10.1 Å². The lowest BCUT2D eigenvalue weighted by Crippen LogP contribution is -2.50. The Balaban J connectivity index is 2.55. The summed E-state index contributed by atoms with van der Waals surface area (Å²) >= 11 is 0. The van der Waals surface area contributed by atoms with Crippen molar-refractivity contribution in [2.45, 2.75) is 45.6 Å². The molecule has 0 aliphatic heterocycles. The van der Waals surface area contributed by atoms with Crippen molar-refractivity contribution in [2.24, 2.45) is 0 Å². The van der Waals surface area contributed by atoms with Gasteiger partial charge >= 0.3 is 5.97 Å². The van der Waals surface area contributed by atoms with Crippen molar-refractivity contribution in [3.05, 3.63) is 29.3 Å². The van der Waals surface area contributed by atoms with Crippen LogP contribution >= 0.6 is 0 Å². The molecule has 1 rings (SSSR count). The predicted octanol–water partition coefficient (Wildman–Crippen LogP) is 2.92. The Kier molecular flexibility index (Phi) is 6.02. The highest BCUT2D eigenvalue weighted by atomic mass is 16.5. The summed E-state index contributed by atoms with van der Waals surface area (Å²) in [7, 11) is 1.70. The Morgan fingerprint density at radius 3 is 2.40 bits per heavy atom. The SMILES string of the molecule is CCC(CCCOc1c(C)cccc1C)(NC)C(=O)O. The van der Waals surface area contributed by atoms with Crippen LogP contribution in [0.15, 0.2) is 18.2 Å². The topological polar surface area (TPSA) is 58.6 Å². The zero-order valence-electron chi connectivity index (χ0n) is 12.8. The van der Waals surface area contributed by atoms with Crippen LogP contribution in [0.4, 0.5) is 0 Å². The first-order valence-electron chi connectivity index (χ1n) is 7.08. The van der Waals surface area contributed by atoms with Crippen molar-refractivity contribution in [3.8, 4) is 5.75 Å². The molecule has 4 heteroatoms. The maximum Gasteiger partial charge on any atom is 0.323 e. The first-order valence-corrected chi connectivity index (χ1v) is 7.08. The van der Waals surface area contributed by atoms with Gasteiger partial charge < -0.3 is 15.2 Å². The average molecular weight is 279 g/mol. The van der Waals surface area contributed by atoms with E-state index in [4.69, 9.17) is 4.74 Å². The van der Waals surface area contributed by atoms with Gasteiger partial charge in [-0.15, -0.1) is 0 Å². The molecular formula is C16H25NO3. The van der Waals surface area contributed by atoms with Crippen molar-refractivity contribution in [1.82, 2.24) is 5.32 Å². The first kappa shape index (κ1) is 16.5. The zero-order valence-corrected chi connectivity index (χ0v) is 12.8.